The van der Waals surface area contributed by atoms with Gasteiger partial charge in [0.25, 0.3) is 0 Å². The fourth-order valence-corrected chi connectivity index (χ4v) is 8.17. The number of hydrogen-bond donors (Lipinski definition) is 0. The lowest BCUT2D eigenvalue weighted by atomic mass is 9.96. The van der Waals surface area contributed by atoms with Crippen LogP contribution in [-0.2, 0) is 0 Å². The highest BCUT2D eigenvalue weighted by molar-refractivity contribution is 7.25. The average molecular weight is 656 g/mol. The van der Waals surface area contributed by atoms with E-state index in [9.17, 15) is 0 Å². The van der Waals surface area contributed by atoms with E-state index in [2.05, 4.69) is 205 Å². The van der Waals surface area contributed by atoms with Crippen molar-refractivity contribution in [3.05, 3.63) is 200 Å². The molecule has 236 valence electrons. The van der Waals surface area contributed by atoms with E-state index in [0.29, 0.717) is 0 Å². The van der Waals surface area contributed by atoms with Gasteiger partial charge in [-0.05, 0) is 99.1 Å². The van der Waals surface area contributed by atoms with Gasteiger partial charge < -0.3 is 4.90 Å². The maximum atomic E-state index is 2.36. The first-order chi connectivity index (χ1) is 24.8. The fourth-order valence-electron chi connectivity index (χ4n) is 7.04. The predicted molar refractivity (Wildman–Crippen MR) is 216 cm³/mol. The van der Waals surface area contributed by atoms with Crippen LogP contribution in [0.25, 0.3) is 64.7 Å². The average Bonchev–Trinajstić information content (AvgIpc) is 3.58. The molecular formula is C48H33NS. The first-order valence-electron chi connectivity index (χ1n) is 17.0. The Morgan fingerprint density at radius 1 is 0.300 bits per heavy atom. The van der Waals surface area contributed by atoms with Crippen LogP contribution in [0, 0.1) is 0 Å². The van der Waals surface area contributed by atoms with Gasteiger partial charge in [0.2, 0.25) is 0 Å². The molecule has 0 saturated heterocycles. The third-order valence-electron chi connectivity index (χ3n) is 9.46. The van der Waals surface area contributed by atoms with Crippen LogP contribution in [0.5, 0.6) is 0 Å². The van der Waals surface area contributed by atoms with E-state index in [4.69, 9.17) is 0 Å². The number of rotatable bonds is 7. The van der Waals surface area contributed by atoms with Crippen molar-refractivity contribution >= 4 is 48.6 Å². The quantitative estimate of drug-likeness (QED) is 0.165. The van der Waals surface area contributed by atoms with Crippen LogP contribution in [-0.4, -0.2) is 0 Å². The Balaban J connectivity index is 1.12. The Morgan fingerprint density at radius 3 is 1.44 bits per heavy atom. The smallest absolute Gasteiger partial charge is 0.0467 e. The highest BCUT2D eigenvalue weighted by atomic mass is 32.1. The van der Waals surface area contributed by atoms with Gasteiger partial charge in [-0.3, -0.25) is 0 Å². The van der Waals surface area contributed by atoms with Crippen molar-refractivity contribution in [1.29, 1.82) is 0 Å². The molecule has 0 spiro atoms. The molecular weight excluding hydrogens is 623 g/mol. The van der Waals surface area contributed by atoms with Crippen molar-refractivity contribution in [2.45, 2.75) is 0 Å². The summed E-state index contributed by atoms with van der Waals surface area (Å²) in [4.78, 5) is 2.36. The van der Waals surface area contributed by atoms with Crippen molar-refractivity contribution in [2.24, 2.45) is 0 Å². The minimum Gasteiger partial charge on any atom is -0.310 e. The third-order valence-corrected chi connectivity index (χ3v) is 10.6. The number of anilines is 3. The summed E-state index contributed by atoms with van der Waals surface area (Å²) >= 11 is 1.87. The van der Waals surface area contributed by atoms with Gasteiger partial charge in [0, 0.05) is 37.2 Å². The summed E-state index contributed by atoms with van der Waals surface area (Å²) < 4.78 is 2.65. The minimum atomic E-state index is 1.11. The van der Waals surface area contributed by atoms with Crippen LogP contribution >= 0.6 is 11.3 Å². The zero-order chi connectivity index (χ0) is 33.3. The van der Waals surface area contributed by atoms with Crippen LogP contribution in [0.4, 0.5) is 17.1 Å². The molecule has 0 bridgehead atoms. The molecule has 0 N–H and O–H groups in total. The largest absolute Gasteiger partial charge is 0.310 e. The van der Waals surface area contributed by atoms with Gasteiger partial charge in [-0.1, -0.05) is 146 Å². The SMILES string of the molecule is c1ccc(-c2cccc(N(c3ccc(-c4cccc(-c5cccc6sc7ccccc7c56)c4)cc3)c3cccc(-c4ccccc4)c3)c2)cc1. The van der Waals surface area contributed by atoms with E-state index in [1.807, 2.05) is 11.3 Å². The highest BCUT2D eigenvalue weighted by Crippen LogP contribution is 2.42. The molecule has 0 aliphatic rings. The van der Waals surface area contributed by atoms with Crippen LogP contribution in [0.3, 0.4) is 0 Å². The van der Waals surface area contributed by atoms with Crippen LogP contribution in [0.1, 0.15) is 0 Å². The molecule has 50 heavy (non-hydrogen) atoms. The molecule has 0 fully saturated rings. The maximum absolute atomic E-state index is 2.36. The zero-order valence-electron chi connectivity index (χ0n) is 27.4. The first-order valence-corrected chi connectivity index (χ1v) is 17.8. The zero-order valence-corrected chi connectivity index (χ0v) is 28.2. The van der Waals surface area contributed by atoms with Crippen LogP contribution in [0.2, 0.25) is 0 Å². The Labute approximate surface area is 297 Å². The minimum absolute atomic E-state index is 1.11. The van der Waals surface area contributed by atoms with Crippen molar-refractivity contribution in [3.8, 4) is 44.5 Å². The molecule has 9 rings (SSSR count). The van der Waals surface area contributed by atoms with Crippen molar-refractivity contribution in [1.82, 2.24) is 0 Å². The second kappa shape index (κ2) is 13.0. The summed E-state index contributed by atoms with van der Waals surface area (Å²) in [6, 6.07) is 72.3. The Hall–Kier alpha value is -6.22. The Morgan fingerprint density at radius 2 is 0.780 bits per heavy atom. The normalized spacial score (nSPS) is 11.2. The van der Waals surface area contributed by atoms with E-state index in [0.717, 1.165) is 17.1 Å². The van der Waals surface area contributed by atoms with Gasteiger partial charge in [-0.25, -0.2) is 0 Å². The molecule has 0 saturated carbocycles. The molecule has 2 heteroatoms. The lowest BCUT2D eigenvalue weighted by molar-refractivity contribution is 1.28. The summed E-state index contributed by atoms with van der Waals surface area (Å²) in [5.41, 5.74) is 13.0. The van der Waals surface area contributed by atoms with Crippen molar-refractivity contribution in [2.75, 3.05) is 4.90 Å². The first kappa shape index (κ1) is 29.9. The van der Waals surface area contributed by atoms with Gasteiger partial charge in [0.1, 0.15) is 0 Å². The molecule has 0 unspecified atom stereocenters. The third kappa shape index (κ3) is 5.66. The lowest BCUT2D eigenvalue weighted by Gasteiger charge is -2.27. The number of nitrogens with zero attached hydrogens (tertiary/aromatic N) is 1. The summed E-state index contributed by atoms with van der Waals surface area (Å²) in [5, 5.41) is 2.66. The molecule has 8 aromatic carbocycles. The molecule has 0 amide bonds. The Kier molecular flexibility index (Phi) is 7.77. The molecule has 0 aliphatic carbocycles. The molecule has 0 radical (unpaired) electrons. The van der Waals surface area contributed by atoms with Crippen molar-refractivity contribution in [3.63, 3.8) is 0 Å². The Bertz CT molecular complexity index is 2500. The monoisotopic (exact) mass is 655 g/mol. The molecule has 0 atom stereocenters. The summed E-state index contributed by atoms with van der Waals surface area (Å²) in [7, 11) is 0. The topological polar surface area (TPSA) is 3.24 Å². The highest BCUT2D eigenvalue weighted by Gasteiger charge is 2.16. The number of hydrogen-bond acceptors (Lipinski definition) is 2. The number of thiophene rings is 1. The number of fused-ring (bicyclic) bond motifs is 3. The van der Waals surface area contributed by atoms with Gasteiger partial charge in [-0.15, -0.1) is 11.3 Å². The van der Waals surface area contributed by atoms with Gasteiger partial charge in [0.05, 0.1) is 0 Å². The summed E-state index contributed by atoms with van der Waals surface area (Å²) in [6.07, 6.45) is 0. The maximum Gasteiger partial charge on any atom is 0.0467 e. The second-order valence-electron chi connectivity index (χ2n) is 12.6. The molecule has 0 aliphatic heterocycles. The predicted octanol–water partition coefficient (Wildman–Crippen LogP) is 14.2. The lowest BCUT2D eigenvalue weighted by Crippen LogP contribution is -2.10. The van der Waals surface area contributed by atoms with Crippen molar-refractivity contribution < 1.29 is 0 Å². The van der Waals surface area contributed by atoms with E-state index < -0.39 is 0 Å². The van der Waals surface area contributed by atoms with Gasteiger partial charge in [-0.2, -0.15) is 0 Å². The van der Waals surface area contributed by atoms with Crippen LogP contribution in [0.15, 0.2) is 200 Å². The number of benzene rings is 8. The summed E-state index contributed by atoms with van der Waals surface area (Å²) in [6.45, 7) is 0. The fraction of sp³-hybridized carbons (Fsp3) is 0. The van der Waals surface area contributed by atoms with E-state index in [1.54, 1.807) is 0 Å². The van der Waals surface area contributed by atoms with Gasteiger partial charge >= 0.3 is 0 Å². The molecule has 9 aromatic rings. The van der Waals surface area contributed by atoms with Gasteiger partial charge in [0.15, 0.2) is 0 Å². The molecule has 1 aromatic heterocycles. The van der Waals surface area contributed by atoms with Crippen LogP contribution < -0.4 is 4.90 Å². The molecule has 1 nitrogen and oxygen atoms in total. The van der Waals surface area contributed by atoms with E-state index in [1.165, 1.54) is 64.7 Å². The standard InChI is InChI=1S/C48H33NS/c1-3-13-34(14-4-1)38-18-10-21-42(32-38)49(43-22-11-19-39(33-43)35-15-5-2-6-16-35)41-29-27-36(28-30-41)37-17-9-20-40(31-37)44-24-12-26-47-48(44)45-23-7-8-25-46(45)50-47/h1-33H. The molecule has 1 heterocycles. The summed E-state index contributed by atoms with van der Waals surface area (Å²) in [5.74, 6) is 0. The second-order valence-corrected chi connectivity index (χ2v) is 13.7. The van der Waals surface area contributed by atoms with E-state index in [-0.39, 0.29) is 0 Å². The van der Waals surface area contributed by atoms with E-state index >= 15 is 0 Å².